The van der Waals surface area contributed by atoms with Crippen molar-refractivity contribution < 1.29 is 4.79 Å². The van der Waals surface area contributed by atoms with Crippen LogP contribution in [0.2, 0.25) is 0 Å². The second-order valence-electron chi connectivity index (χ2n) is 5.58. The molecule has 0 aliphatic carbocycles. The SMILES string of the molecule is Cc1cccc([C@@H](NC(=O)Cc2cccs2)c2ccccc2)c1. The van der Waals surface area contributed by atoms with E-state index < -0.39 is 0 Å². The number of carbonyl (C=O) groups excluding carboxylic acids is 1. The van der Waals surface area contributed by atoms with E-state index in [0.717, 1.165) is 16.0 Å². The van der Waals surface area contributed by atoms with Crippen molar-refractivity contribution in [3.63, 3.8) is 0 Å². The van der Waals surface area contributed by atoms with E-state index in [1.54, 1.807) is 11.3 Å². The molecule has 1 N–H and O–H groups in total. The van der Waals surface area contributed by atoms with E-state index in [1.165, 1.54) is 5.56 Å². The summed E-state index contributed by atoms with van der Waals surface area (Å²) < 4.78 is 0. The summed E-state index contributed by atoms with van der Waals surface area (Å²) in [5.74, 6) is 0.0443. The van der Waals surface area contributed by atoms with E-state index >= 15 is 0 Å². The van der Waals surface area contributed by atoms with Gasteiger partial charge in [0.1, 0.15) is 0 Å². The van der Waals surface area contributed by atoms with Crippen molar-refractivity contribution in [2.45, 2.75) is 19.4 Å². The number of thiophene rings is 1. The predicted octanol–water partition coefficient (Wildman–Crippen LogP) is 4.50. The Morgan fingerprint density at radius 2 is 1.78 bits per heavy atom. The van der Waals surface area contributed by atoms with E-state index in [0.29, 0.717) is 6.42 Å². The maximum Gasteiger partial charge on any atom is 0.226 e. The molecule has 0 unspecified atom stereocenters. The maximum absolute atomic E-state index is 12.4. The van der Waals surface area contributed by atoms with Crippen LogP contribution in [0.15, 0.2) is 72.1 Å². The molecule has 0 saturated carbocycles. The topological polar surface area (TPSA) is 29.1 Å². The molecule has 0 fully saturated rings. The Bertz CT molecular complexity index is 765. The highest BCUT2D eigenvalue weighted by atomic mass is 32.1. The van der Waals surface area contributed by atoms with Crippen LogP contribution in [0.5, 0.6) is 0 Å². The second-order valence-corrected chi connectivity index (χ2v) is 6.61. The first-order chi connectivity index (χ1) is 11.2. The number of carbonyl (C=O) groups is 1. The van der Waals surface area contributed by atoms with Crippen molar-refractivity contribution >= 4 is 17.2 Å². The lowest BCUT2D eigenvalue weighted by Gasteiger charge is -2.20. The van der Waals surface area contributed by atoms with E-state index in [2.05, 4.69) is 42.6 Å². The molecule has 116 valence electrons. The highest BCUT2D eigenvalue weighted by Gasteiger charge is 2.17. The van der Waals surface area contributed by atoms with E-state index in [4.69, 9.17) is 0 Å². The Hall–Kier alpha value is -2.39. The van der Waals surface area contributed by atoms with E-state index in [1.807, 2.05) is 41.8 Å². The van der Waals surface area contributed by atoms with Crippen molar-refractivity contribution in [3.8, 4) is 0 Å². The molecule has 23 heavy (non-hydrogen) atoms. The normalized spacial score (nSPS) is 11.9. The molecule has 0 bridgehead atoms. The zero-order valence-electron chi connectivity index (χ0n) is 13.0. The van der Waals surface area contributed by atoms with Crippen LogP contribution < -0.4 is 5.32 Å². The monoisotopic (exact) mass is 321 g/mol. The number of rotatable bonds is 5. The first-order valence-electron chi connectivity index (χ1n) is 7.65. The summed E-state index contributed by atoms with van der Waals surface area (Å²) >= 11 is 1.61. The quantitative estimate of drug-likeness (QED) is 0.736. The lowest BCUT2D eigenvalue weighted by atomic mass is 9.97. The van der Waals surface area contributed by atoms with Gasteiger partial charge in [-0.1, -0.05) is 66.2 Å². The smallest absolute Gasteiger partial charge is 0.226 e. The van der Waals surface area contributed by atoms with Gasteiger partial charge in [-0.25, -0.2) is 0 Å². The van der Waals surface area contributed by atoms with Gasteiger partial charge < -0.3 is 5.32 Å². The number of aryl methyl sites for hydroxylation is 1. The molecule has 3 heteroatoms. The Balaban J connectivity index is 1.85. The van der Waals surface area contributed by atoms with Crippen LogP contribution in [-0.4, -0.2) is 5.91 Å². The van der Waals surface area contributed by atoms with Gasteiger partial charge in [-0.05, 0) is 29.5 Å². The molecule has 0 saturated heterocycles. The predicted molar refractivity (Wildman–Crippen MR) is 95.6 cm³/mol. The average molecular weight is 321 g/mol. The van der Waals surface area contributed by atoms with Gasteiger partial charge in [0.25, 0.3) is 0 Å². The fourth-order valence-electron chi connectivity index (χ4n) is 2.64. The van der Waals surface area contributed by atoms with Gasteiger partial charge in [-0.15, -0.1) is 11.3 Å². The lowest BCUT2D eigenvalue weighted by molar-refractivity contribution is -0.120. The zero-order chi connectivity index (χ0) is 16.1. The molecule has 3 aromatic rings. The van der Waals surface area contributed by atoms with E-state index in [9.17, 15) is 4.79 Å². The van der Waals surface area contributed by atoms with Crippen LogP contribution in [-0.2, 0) is 11.2 Å². The molecule has 2 nitrogen and oxygen atoms in total. The van der Waals surface area contributed by atoms with Crippen molar-refractivity contribution in [1.29, 1.82) is 0 Å². The van der Waals surface area contributed by atoms with Crippen LogP contribution in [0.1, 0.15) is 27.6 Å². The van der Waals surface area contributed by atoms with Crippen LogP contribution in [0.25, 0.3) is 0 Å². The van der Waals surface area contributed by atoms with Gasteiger partial charge >= 0.3 is 0 Å². The minimum absolute atomic E-state index is 0.0443. The molecule has 0 radical (unpaired) electrons. The van der Waals surface area contributed by atoms with E-state index in [-0.39, 0.29) is 11.9 Å². The molecule has 1 atom stereocenters. The fraction of sp³-hybridized carbons (Fsp3) is 0.150. The van der Waals surface area contributed by atoms with Crippen molar-refractivity contribution in [1.82, 2.24) is 5.32 Å². The number of amides is 1. The first-order valence-corrected chi connectivity index (χ1v) is 8.53. The Labute approximate surface area is 140 Å². The third-order valence-corrected chi connectivity index (χ3v) is 4.60. The summed E-state index contributed by atoms with van der Waals surface area (Å²) in [7, 11) is 0. The number of nitrogens with one attached hydrogen (secondary N) is 1. The lowest BCUT2D eigenvalue weighted by Crippen LogP contribution is -2.30. The highest BCUT2D eigenvalue weighted by Crippen LogP contribution is 2.23. The molecule has 0 aliphatic rings. The minimum atomic E-state index is -0.122. The molecule has 0 spiro atoms. The van der Waals surface area contributed by atoms with Crippen LogP contribution >= 0.6 is 11.3 Å². The van der Waals surface area contributed by atoms with Crippen LogP contribution in [0, 0.1) is 6.92 Å². The maximum atomic E-state index is 12.4. The third kappa shape index (κ3) is 4.08. The zero-order valence-corrected chi connectivity index (χ0v) is 13.8. The largest absolute Gasteiger partial charge is 0.345 e. The number of benzene rings is 2. The first kappa shape index (κ1) is 15.5. The molecule has 1 heterocycles. The number of hydrogen-bond acceptors (Lipinski definition) is 2. The Morgan fingerprint density at radius 3 is 2.48 bits per heavy atom. The van der Waals surface area contributed by atoms with Crippen molar-refractivity contribution in [3.05, 3.63) is 93.7 Å². The standard InChI is InChI=1S/C20H19NOS/c1-15-7-5-10-17(13-15)20(16-8-3-2-4-9-16)21-19(22)14-18-11-6-12-23-18/h2-13,20H,14H2,1H3,(H,21,22)/t20-/m0/s1. The van der Waals surface area contributed by atoms with Crippen LogP contribution in [0.4, 0.5) is 0 Å². The summed E-state index contributed by atoms with van der Waals surface area (Å²) in [5.41, 5.74) is 3.39. The molecule has 2 aromatic carbocycles. The van der Waals surface area contributed by atoms with Gasteiger partial charge in [0.2, 0.25) is 5.91 Å². The highest BCUT2D eigenvalue weighted by molar-refractivity contribution is 7.10. The molecule has 0 aliphatic heterocycles. The van der Waals surface area contributed by atoms with Crippen LogP contribution in [0.3, 0.4) is 0 Å². The summed E-state index contributed by atoms with van der Waals surface area (Å²) in [6.07, 6.45) is 0.423. The summed E-state index contributed by atoms with van der Waals surface area (Å²) in [4.78, 5) is 13.5. The minimum Gasteiger partial charge on any atom is -0.345 e. The van der Waals surface area contributed by atoms with Gasteiger partial charge in [0, 0.05) is 4.88 Å². The van der Waals surface area contributed by atoms with Gasteiger partial charge in [-0.3, -0.25) is 4.79 Å². The summed E-state index contributed by atoms with van der Waals surface area (Å²) in [6, 6.07) is 22.2. The van der Waals surface area contributed by atoms with Gasteiger partial charge in [0.15, 0.2) is 0 Å². The van der Waals surface area contributed by atoms with Crippen molar-refractivity contribution in [2.24, 2.45) is 0 Å². The summed E-state index contributed by atoms with van der Waals surface area (Å²) in [6.45, 7) is 2.07. The summed E-state index contributed by atoms with van der Waals surface area (Å²) in [5, 5.41) is 5.18. The molecular weight excluding hydrogens is 302 g/mol. The van der Waals surface area contributed by atoms with Gasteiger partial charge in [0.05, 0.1) is 12.5 Å². The van der Waals surface area contributed by atoms with Gasteiger partial charge in [-0.2, -0.15) is 0 Å². The average Bonchev–Trinajstić information content (AvgIpc) is 3.06. The van der Waals surface area contributed by atoms with Crippen molar-refractivity contribution in [2.75, 3.05) is 0 Å². The number of hydrogen-bond donors (Lipinski definition) is 1. The third-order valence-electron chi connectivity index (χ3n) is 3.73. The molecule has 1 aromatic heterocycles. The fourth-order valence-corrected chi connectivity index (χ4v) is 3.34. The second kappa shape index (κ2) is 7.25. The Morgan fingerprint density at radius 1 is 1.00 bits per heavy atom. The molecular formula is C20H19NOS. The Kier molecular flexibility index (Phi) is 4.89. The molecule has 3 rings (SSSR count). The molecule has 1 amide bonds.